The van der Waals surface area contributed by atoms with E-state index in [1.165, 1.54) is 37.0 Å². The van der Waals surface area contributed by atoms with E-state index in [-0.39, 0.29) is 5.91 Å². The number of carbonyl (C=O) groups excluding carboxylic acids is 1. The third kappa shape index (κ3) is 6.37. The Labute approximate surface area is 126 Å². The highest BCUT2D eigenvalue weighted by atomic mass is 32.1. The van der Waals surface area contributed by atoms with E-state index in [4.69, 9.17) is 5.73 Å². The predicted molar refractivity (Wildman–Crippen MR) is 85.9 cm³/mol. The third-order valence-corrected chi connectivity index (χ3v) is 4.04. The second kappa shape index (κ2) is 9.75. The Bertz CT molecular complexity index is 382. The number of hydrogen-bond acceptors (Lipinski definition) is 4. The van der Waals surface area contributed by atoms with Crippen molar-refractivity contribution in [1.29, 1.82) is 0 Å². The van der Waals surface area contributed by atoms with Crippen LogP contribution in [0.25, 0.3) is 0 Å². The van der Waals surface area contributed by atoms with Crippen LogP contribution in [0.1, 0.15) is 58.1 Å². The number of nitrogens with two attached hydrogens (primary N) is 1. The fourth-order valence-corrected chi connectivity index (χ4v) is 2.70. The molecule has 0 bridgehead atoms. The van der Waals surface area contributed by atoms with Crippen LogP contribution >= 0.6 is 11.3 Å². The largest absolute Gasteiger partial charge is 0.375 e. The minimum atomic E-state index is 0.183. The minimum absolute atomic E-state index is 0.183. The van der Waals surface area contributed by atoms with Gasteiger partial charge in [-0.2, -0.15) is 0 Å². The van der Waals surface area contributed by atoms with E-state index in [1.54, 1.807) is 0 Å². The summed E-state index contributed by atoms with van der Waals surface area (Å²) in [6, 6.07) is 0. The molecule has 1 aromatic heterocycles. The van der Waals surface area contributed by atoms with Crippen molar-refractivity contribution in [3.8, 4) is 0 Å². The highest BCUT2D eigenvalue weighted by Crippen LogP contribution is 2.13. The maximum atomic E-state index is 12.4. The molecule has 0 aliphatic rings. The Morgan fingerprint density at radius 3 is 2.25 bits per heavy atom. The van der Waals surface area contributed by atoms with Crippen molar-refractivity contribution >= 4 is 22.4 Å². The molecule has 114 valence electrons. The number of nitrogen functional groups attached to an aromatic ring is 1. The van der Waals surface area contributed by atoms with E-state index in [1.807, 2.05) is 10.3 Å². The van der Waals surface area contributed by atoms with Gasteiger partial charge in [0, 0.05) is 18.5 Å². The summed E-state index contributed by atoms with van der Waals surface area (Å²) >= 11 is 1.40. The van der Waals surface area contributed by atoms with Gasteiger partial charge in [0.1, 0.15) is 0 Å². The van der Waals surface area contributed by atoms with E-state index in [9.17, 15) is 4.79 Å². The summed E-state index contributed by atoms with van der Waals surface area (Å²) in [6.45, 7) is 6.11. The lowest BCUT2D eigenvalue weighted by atomic mass is 10.2. The first kappa shape index (κ1) is 17.0. The van der Waals surface area contributed by atoms with Crippen molar-refractivity contribution in [2.75, 3.05) is 18.8 Å². The zero-order valence-corrected chi connectivity index (χ0v) is 13.5. The summed E-state index contributed by atoms with van der Waals surface area (Å²) in [4.78, 5) is 18.5. The highest BCUT2D eigenvalue weighted by Gasteiger charge is 2.14. The van der Waals surface area contributed by atoms with E-state index in [0.29, 0.717) is 11.6 Å². The number of hydrogen-bond donors (Lipinski definition) is 1. The van der Waals surface area contributed by atoms with Gasteiger partial charge in [0.15, 0.2) is 5.13 Å². The number of aromatic nitrogens is 1. The van der Waals surface area contributed by atoms with Crippen LogP contribution in [-0.2, 0) is 11.2 Å². The molecule has 5 heteroatoms. The Balaban J connectivity index is 2.48. The molecule has 0 aromatic carbocycles. The predicted octanol–water partition coefficient (Wildman–Crippen LogP) is 3.48. The van der Waals surface area contributed by atoms with Crippen molar-refractivity contribution in [2.45, 2.75) is 58.8 Å². The molecule has 1 rings (SSSR count). The van der Waals surface area contributed by atoms with Crippen molar-refractivity contribution in [3.63, 3.8) is 0 Å². The van der Waals surface area contributed by atoms with Gasteiger partial charge >= 0.3 is 0 Å². The quantitative estimate of drug-likeness (QED) is 0.673. The fourth-order valence-electron chi connectivity index (χ4n) is 2.14. The van der Waals surface area contributed by atoms with Gasteiger partial charge in [-0.05, 0) is 12.8 Å². The molecule has 0 saturated carbocycles. The number of amides is 1. The number of carbonyl (C=O) groups is 1. The number of anilines is 1. The van der Waals surface area contributed by atoms with Crippen LogP contribution in [0.2, 0.25) is 0 Å². The first-order chi connectivity index (χ1) is 9.67. The molecule has 4 nitrogen and oxygen atoms in total. The first-order valence-electron chi connectivity index (χ1n) is 7.65. The molecule has 0 aliphatic heterocycles. The molecule has 20 heavy (non-hydrogen) atoms. The molecule has 0 saturated heterocycles. The Morgan fingerprint density at radius 1 is 1.20 bits per heavy atom. The van der Waals surface area contributed by atoms with E-state index < -0.39 is 0 Å². The molecule has 0 radical (unpaired) electrons. The lowest BCUT2D eigenvalue weighted by Crippen LogP contribution is -2.34. The second-order valence-corrected chi connectivity index (χ2v) is 6.04. The average molecular weight is 297 g/mol. The zero-order chi connectivity index (χ0) is 14.8. The van der Waals surface area contributed by atoms with Gasteiger partial charge < -0.3 is 10.6 Å². The average Bonchev–Trinajstić information content (AvgIpc) is 2.82. The molecule has 2 N–H and O–H groups in total. The standard InChI is InChI=1S/C15H27N3OS/c1-3-5-7-9-18(10-8-6-4-2)14(19)11-13-12-20-15(16)17-13/h12H,3-11H2,1-2H3,(H2,16,17). The summed E-state index contributed by atoms with van der Waals surface area (Å²) < 4.78 is 0. The van der Waals surface area contributed by atoms with Gasteiger partial charge in [0.05, 0.1) is 12.1 Å². The van der Waals surface area contributed by atoms with Crippen LogP contribution in [0, 0.1) is 0 Å². The lowest BCUT2D eigenvalue weighted by molar-refractivity contribution is -0.130. The van der Waals surface area contributed by atoms with E-state index in [0.717, 1.165) is 31.6 Å². The van der Waals surface area contributed by atoms with E-state index in [2.05, 4.69) is 18.8 Å². The molecule has 1 aromatic rings. The summed E-state index contributed by atoms with van der Waals surface area (Å²) in [6.07, 6.45) is 7.29. The smallest absolute Gasteiger partial charge is 0.228 e. The molecular formula is C15H27N3OS. The summed E-state index contributed by atoms with van der Waals surface area (Å²) in [7, 11) is 0. The number of thiazole rings is 1. The molecule has 1 heterocycles. The van der Waals surface area contributed by atoms with Gasteiger partial charge in [0.25, 0.3) is 0 Å². The molecular weight excluding hydrogens is 270 g/mol. The zero-order valence-electron chi connectivity index (χ0n) is 12.7. The van der Waals surface area contributed by atoms with Crippen LogP contribution in [0.3, 0.4) is 0 Å². The lowest BCUT2D eigenvalue weighted by Gasteiger charge is -2.22. The van der Waals surface area contributed by atoms with E-state index >= 15 is 0 Å². The molecule has 0 aliphatic carbocycles. The highest BCUT2D eigenvalue weighted by molar-refractivity contribution is 7.13. The summed E-state index contributed by atoms with van der Waals surface area (Å²) in [5, 5.41) is 2.42. The van der Waals surface area contributed by atoms with Crippen LogP contribution in [-0.4, -0.2) is 28.9 Å². The van der Waals surface area contributed by atoms with Crippen LogP contribution < -0.4 is 5.73 Å². The van der Waals surface area contributed by atoms with Gasteiger partial charge in [0.2, 0.25) is 5.91 Å². The number of unbranched alkanes of at least 4 members (excludes halogenated alkanes) is 4. The summed E-state index contributed by atoms with van der Waals surface area (Å²) in [5.41, 5.74) is 6.41. The van der Waals surface area contributed by atoms with Crippen LogP contribution in [0.15, 0.2) is 5.38 Å². The van der Waals surface area contributed by atoms with Crippen molar-refractivity contribution in [3.05, 3.63) is 11.1 Å². The van der Waals surface area contributed by atoms with Gasteiger partial charge in [-0.3, -0.25) is 4.79 Å². The normalized spacial score (nSPS) is 10.7. The van der Waals surface area contributed by atoms with Crippen molar-refractivity contribution in [2.24, 2.45) is 0 Å². The van der Waals surface area contributed by atoms with Crippen molar-refractivity contribution in [1.82, 2.24) is 9.88 Å². The summed E-state index contributed by atoms with van der Waals surface area (Å²) in [5.74, 6) is 0.183. The Kier molecular flexibility index (Phi) is 8.26. The van der Waals surface area contributed by atoms with Gasteiger partial charge in [-0.15, -0.1) is 11.3 Å². The third-order valence-electron chi connectivity index (χ3n) is 3.32. The second-order valence-electron chi connectivity index (χ2n) is 5.15. The molecule has 0 unspecified atom stereocenters. The molecule has 0 atom stereocenters. The monoisotopic (exact) mass is 297 g/mol. The maximum absolute atomic E-state index is 12.4. The fraction of sp³-hybridized carbons (Fsp3) is 0.733. The Morgan fingerprint density at radius 2 is 1.80 bits per heavy atom. The molecule has 0 fully saturated rings. The Hall–Kier alpha value is -1.10. The maximum Gasteiger partial charge on any atom is 0.228 e. The number of nitrogens with zero attached hydrogens (tertiary/aromatic N) is 2. The van der Waals surface area contributed by atoms with Crippen LogP contribution in [0.5, 0.6) is 0 Å². The number of rotatable bonds is 10. The first-order valence-corrected chi connectivity index (χ1v) is 8.53. The minimum Gasteiger partial charge on any atom is -0.375 e. The topological polar surface area (TPSA) is 59.2 Å². The van der Waals surface area contributed by atoms with Gasteiger partial charge in [-0.1, -0.05) is 39.5 Å². The SMILES string of the molecule is CCCCCN(CCCCC)C(=O)Cc1csc(N)n1. The van der Waals surface area contributed by atoms with Crippen LogP contribution in [0.4, 0.5) is 5.13 Å². The molecule has 0 spiro atoms. The van der Waals surface area contributed by atoms with Crippen molar-refractivity contribution < 1.29 is 4.79 Å². The van der Waals surface area contributed by atoms with Gasteiger partial charge in [-0.25, -0.2) is 4.98 Å². The molecule has 1 amide bonds.